The van der Waals surface area contributed by atoms with Crippen molar-refractivity contribution in [3.8, 4) is 5.75 Å². The maximum Gasteiger partial charge on any atom is 0.256 e. The van der Waals surface area contributed by atoms with E-state index in [1.807, 2.05) is 24.3 Å². The molecule has 1 heterocycles. The topological polar surface area (TPSA) is 132 Å². The summed E-state index contributed by atoms with van der Waals surface area (Å²) in [4.78, 5) is 5.06. The van der Waals surface area contributed by atoms with Crippen LogP contribution in [0.1, 0.15) is 5.56 Å². The van der Waals surface area contributed by atoms with Gasteiger partial charge < -0.3 is 35.1 Å². The Hall–Kier alpha value is -2.23. The fraction of sp³-hybridized carbons (Fsp3) is 0.353. The van der Waals surface area contributed by atoms with E-state index in [0.29, 0.717) is 5.56 Å². The lowest BCUT2D eigenvalue weighted by atomic mass is 9.99. The maximum atomic E-state index is 10.0. The van der Waals surface area contributed by atoms with E-state index in [4.69, 9.17) is 14.7 Å². The molecule has 1 aliphatic heterocycles. The molecular weight excluding hydrogens is 330 g/mol. The van der Waals surface area contributed by atoms with Gasteiger partial charge in [0.05, 0.1) is 12.8 Å². The Balaban J connectivity index is 1.78. The van der Waals surface area contributed by atoms with Crippen LogP contribution >= 0.6 is 0 Å². The molecule has 2 aromatic carbocycles. The minimum Gasteiger partial charge on any atom is -0.507 e. The molecule has 3 rings (SSSR count). The second kappa shape index (κ2) is 7.34. The molecule has 0 spiro atoms. The predicted molar refractivity (Wildman–Crippen MR) is 88.1 cm³/mol. The summed E-state index contributed by atoms with van der Waals surface area (Å²) in [7, 11) is 0. The lowest BCUT2D eigenvalue weighted by Crippen LogP contribution is -2.58. The number of aromatic hydroxyl groups is 1. The summed E-state index contributed by atoms with van der Waals surface area (Å²) in [5, 5.41) is 53.8. The van der Waals surface area contributed by atoms with Crippen LogP contribution in [0.25, 0.3) is 10.8 Å². The number of oxime groups is 1. The minimum atomic E-state index is -1.55. The Morgan fingerprint density at radius 3 is 2.56 bits per heavy atom. The molecule has 1 saturated heterocycles. The maximum absolute atomic E-state index is 10.0. The lowest BCUT2D eigenvalue weighted by molar-refractivity contribution is -0.301. The molecule has 0 amide bonds. The molecule has 0 aromatic heterocycles. The molecule has 1 aliphatic rings. The first-order chi connectivity index (χ1) is 12.0. The molecule has 2 aromatic rings. The van der Waals surface area contributed by atoms with Crippen molar-refractivity contribution >= 4 is 17.0 Å². The van der Waals surface area contributed by atoms with Gasteiger partial charge in [-0.05, 0) is 16.8 Å². The van der Waals surface area contributed by atoms with Crippen molar-refractivity contribution in [2.75, 3.05) is 6.61 Å². The zero-order valence-corrected chi connectivity index (χ0v) is 13.1. The van der Waals surface area contributed by atoms with E-state index in [1.54, 1.807) is 6.07 Å². The zero-order valence-electron chi connectivity index (χ0n) is 13.1. The Labute approximate surface area is 143 Å². The zero-order chi connectivity index (χ0) is 18.0. The Morgan fingerprint density at radius 2 is 1.80 bits per heavy atom. The van der Waals surface area contributed by atoms with Gasteiger partial charge in [-0.1, -0.05) is 35.5 Å². The third kappa shape index (κ3) is 3.44. The van der Waals surface area contributed by atoms with Crippen LogP contribution in [0.5, 0.6) is 5.75 Å². The first-order valence-corrected chi connectivity index (χ1v) is 7.73. The fourth-order valence-electron chi connectivity index (χ4n) is 2.72. The first-order valence-electron chi connectivity index (χ1n) is 7.73. The van der Waals surface area contributed by atoms with Crippen molar-refractivity contribution in [1.29, 1.82) is 0 Å². The highest BCUT2D eigenvalue weighted by atomic mass is 16.8. The van der Waals surface area contributed by atoms with Crippen LogP contribution in [0.2, 0.25) is 0 Å². The van der Waals surface area contributed by atoms with E-state index in [1.165, 1.54) is 12.3 Å². The summed E-state index contributed by atoms with van der Waals surface area (Å²) >= 11 is 0. The number of phenols is 1. The summed E-state index contributed by atoms with van der Waals surface area (Å²) in [5.74, 6) is -0.000136. The molecule has 134 valence electrons. The summed E-state index contributed by atoms with van der Waals surface area (Å²) in [6.45, 7) is -0.557. The molecule has 0 radical (unpaired) electrons. The van der Waals surface area contributed by atoms with Crippen molar-refractivity contribution in [3.63, 3.8) is 0 Å². The first kappa shape index (κ1) is 17.6. The Bertz CT molecular complexity index is 764. The Morgan fingerprint density at radius 1 is 1.04 bits per heavy atom. The van der Waals surface area contributed by atoms with Crippen LogP contribution in [0.4, 0.5) is 0 Å². The summed E-state index contributed by atoms with van der Waals surface area (Å²) in [6.07, 6.45) is -5.74. The van der Waals surface area contributed by atoms with Crippen LogP contribution in [0.15, 0.2) is 41.6 Å². The molecule has 5 atom stereocenters. The largest absolute Gasteiger partial charge is 0.507 e. The van der Waals surface area contributed by atoms with Gasteiger partial charge in [-0.3, -0.25) is 0 Å². The lowest BCUT2D eigenvalue weighted by Gasteiger charge is -2.38. The van der Waals surface area contributed by atoms with E-state index in [0.717, 1.165) is 10.8 Å². The van der Waals surface area contributed by atoms with E-state index < -0.39 is 37.3 Å². The van der Waals surface area contributed by atoms with E-state index in [2.05, 4.69) is 5.16 Å². The molecular formula is C17H19NO7. The van der Waals surface area contributed by atoms with E-state index in [9.17, 15) is 20.4 Å². The molecule has 0 unspecified atom stereocenters. The summed E-state index contributed by atoms with van der Waals surface area (Å²) < 4.78 is 5.18. The molecule has 8 nitrogen and oxygen atoms in total. The highest BCUT2D eigenvalue weighted by Gasteiger charge is 2.44. The van der Waals surface area contributed by atoms with Crippen LogP contribution < -0.4 is 0 Å². The molecule has 0 bridgehead atoms. The number of aliphatic hydroxyl groups is 4. The van der Waals surface area contributed by atoms with Gasteiger partial charge in [0.15, 0.2) is 0 Å². The number of fused-ring (bicyclic) bond motifs is 1. The monoisotopic (exact) mass is 349 g/mol. The molecule has 1 fully saturated rings. The highest BCUT2D eigenvalue weighted by molar-refractivity contribution is 6.02. The van der Waals surface area contributed by atoms with Crippen molar-refractivity contribution in [1.82, 2.24) is 0 Å². The van der Waals surface area contributed by atoms with E-state index in [-0.39, 0.29) is 5.75 Å². The van der Waals surface area contributed by atoms with E-state index >= 15 is 0 Å². The number of hydrogen-bond acceptors (Lipinski definition) is 8. The van der Waals surface area contributed by atoms with Gasteiger partial charge in [-0.2, -0.15) is 0 Å². The van der Waals surface area contributed by atoms with Crippen LogP contribution in [-0.4, -0.2) is 69.1 Å². The second-order valence-electron chi connectivity index (χ2n) is 5.76. The van der Waals surface area contributed by atoms with Gasteiger partial charge in [0, 0.05) is 5.56 Å². The number of phenolic OH excluding ortho intramolecular Hbond substituents is 1. The molecule has 25 heavy (non-hydrogen) atoms. The van der Waals surface area contributed by atoms with Crippen LogP contribution in [-0.2, 0) is 9.57 Å². The average Bonchev–Trinajstić information content (AvgIpc) is 2.63. The predicted octanol–water partition coefficient (Wildman–Crippen LogP) is -0.304. The molecule has 5 N–H and O–H groups in total. The van der Waals surface area contributed by atoms with Crippen LogP contribution in [0.3, 0.4) is 0 Å². The normalized spacial score (nSPS) is 30.0. The molecule has 0 aliphatic carbocycles. The van der Waals surface area contributed by atoms with Crippen LogP contribution in [0, 0.1) is 0 Å². The van der Waals surface area contributed by atoms with Gasteiger partial charge in [0.25, 0.3) is 6.29 Å². The average molecular weight is 349 g/mol. The minimum absolute atomic E-state index is 0.000136. The van der Waals surface area contributed by atoms with Crippen molar-refractivity contribution in [2.45, 2.75) is 30.7 Å². The standard InChI is InChI=1S/C17H19NO7/c19-8-13-14(21)15(22)16(23)17(24-13)25-18-7-11-10-4-2-1-3-9(10)5-6-12(11)20/h1-7,13-17,19-23H,8H2/b18-7+/t13-,14+,15+,16-,17+/m1/s1. The molecule has 0 saturated carbocycles. The smallest absolute Gasteiger partial charge is 0.256 e. The quantitative estimate of drug-likeness (QED) is 0.378. The number of rotatable bonds is 4. The fourth-order valence-corrected chi connectivity index (χ4v) is 2.72. The summed E-state index contributed by atoms with van der Waals surface area (Å²) in [5.41, 5.74) is 0.419. The number of hydrogen-bond donors (Lipinski definition) is 5. The number of aliphatic hydroxyl groups excluding tert-OH is 4. The summed E-state index contributed by atoms with van der Waals surface area (Å²) in [6, 6.07) is 10.7. The van der Waals surface area contributed by atoms with Crippen molar-refractivity contribution < 1.29 is 35.1 Å². The van der Waals surface area contributed by atoms with Gasteiger partial charge in [0.1, 0.15) is 30.2 Å². The van der Waals surface area contributed by atoms with Gasteiger partial charge in [0.2, 0.25) is 0 Å². The number of benzene rings is 2. The third-order valence-electron chi connectivity index (χ3n) is 4.14. The SMILES string of the molecule is OC[C@H]1O[C@@H](O/N=C/c2c(O)ccc3ccccc23)[C@H](O)[C@@H](O)[C@H]1O. The van der Waals surface area contributed by atoms with Crippen molar-refractivity contribution in [2.24, 2.45) is 5.16 Å². The Kier molecular flexibility index (Phi) is 5.16. The van der Waals surface area contributed by atoms with Crippen molar-refractivity contribution in [3.05, 3.63) is 42.0 Å². The molecule has 8 heteroatoms. The highest BCUT2D eigenvalue weighted by Crippen LogP contribution is 2.26. The number of nitrogens with zero attached hydrogens (tertiary/aromatic N) is 1. The van der Waals surface area contributed by atoms with Gasteiger partial charge >= 0.3 is 0 Å². The van der Waals surface area contributed by atoms with Gasteiger partial charge in [-0.15, -0.1) is 0 Å². The van der Waals surface area contributed by atoms with Gasteiger partial charge in [-0.25, -0.2) is 0 Å². The second-order valence-corrected chi connectivity index (χ2v) is 5.76. The third-order valence-corrected chi connectivity index (χ3v) is 4.14. The number of ether oxygens (including phenoxy) is 1.